The summed E-state index contributed by atoms with van der Waals surface area (Å²) in [7, 11) is 0. The number of hydrogen-bond acceptors (Lipinski definition) is 2. The minimum Gasteiger partial charge on any atom is -0.264 e. The highest BCUT2D eigenvalue weighted by molar-refractivity contribution is 6.30. The van der Waals surface area contributed by atoms with E-state index in [2.05, 4.69) is 0 Å². The van der Waals surface area contributed by atoms with Gasteiger partial charge in [0.15, 0.2) is 0 Å². The second-order valence-corrected chi connectivity index (χ2v) is 5.71. The lowest BCUT2D eigenvalue weighted by Gasteiger charge is -2.21. The van der Waals surface area contributed by atoms with Gasteiger partial charge in [0.1, 0.15) is 0 Å². The quantitative estimate of drug-likeness (QED) is 0.562. The van der Waals surface area contributed by atoms with Gasteiger partial charge in [0.2, 0.25) is 6.04 Å². The molecule has 5 heteroatoms. The van der Waals surface area contributed by atoms with Crippen LogP contribution in [0.25, 0.3) is 0 Å². The van der Waals surface area contributed by atoms with Crippen molar-refractivity contribution in [3.05, 3.63) is 79.8 Å². The summed E-state index contributed by atoms with van der Waals surface area (Å²) in [5.41, 5.74) is 1.76. The van der Waals surface area contributed by atoms with E-state index < -0.39 is 6.04 Å². The number of halogens is 2. The Kier molecular flexibility index (Phi) is 5.21. The molecule has 21 heavy (non-hydrogen) atoms. The first-order valence-corrected chi connectivity index (χ1v) is 7.43. The van der Waals surface area contributed by atoms with E-state index in [9.17, 15) is 10.1 Å². The van der Waals surface area contributed by atoms with Crippen LogP contribution >= 0.6 is 23.2 Å². The Hall–Kier alpha value is -1.58. The van der Waals surface area contributed by atoms with Crippen LogP contribution in [-0.2, 0) is 0 Å². The van der Waals surface area contributed by atoms with Gasteiger partial charge < -0.3 is 0 Å². The molecule has 2 aromatic carbocycles. The largest absolute Gasteiger partial charge is 0.264 e. The summed E-state index contributed by atoms with van der Waals surface area (Å²) in [6.45, 7) is 1.83. The molecule has 0 radical (unpaired) electrons. The Morgan fingerprint density at radius 3 is 1.62 bits per heavy atom. The SMILES string of the molecule is CCC(C(c1ccc(Cl)cc1)c1ccc(Cl)cc1)[N+](=O)[O-]. The second kappa shape index (κ2) is 6.92. The zero-order chi connectivity index (χ0) is 15.4. The predicted octanol–water partition coefficient (Wildman–Crippen LogP) is 5.18. The molecule has 0 fully saturated rings. The minimum absolute atomic E-state index is 0.214. The third kappa shape index (κ3) is 3.74. The summed E-state index contributed by atoms with van der Waals surface area (Å²) in [5, 5.41) is 12.6. The summed E-state index contributed by atoms with van der Waals surface area (Å²) >= 11 is 11.8. The number of nitro groups is 1. The number of benzene rings is 2. The molecule has 1 unspecified atom stereocenters. The van der Waals surface area contributed by atoms with Crippen molar-refractivity contribution in [2.75, 3.05) is 0 Å². The molecule has 0 bridgehead atoms. The van der Waals surface area contributed by atoms with Crippen molar-refractivity contribution in [3.63, 3.8) is 0 Å². The number of nitrogens with zero attached hydrogens (tertiary/aromatic N) is 1. The fraction of sp³-hybridized carbons (Fsp3) is 0.250. The molecule has 0 saturated carbocycles. The van der Waals surface area contributed by atoms with Gasteiger partial charge in [-0.1, -0.05) is 54.4 Å². The van der Waals surface area contributed by atoms with Crippen molar-refractivity contribution < 1.29 is 4.92 Å². The lowest BCUT2D eigenvalue weighted by molar-refractivity contribution is -0.525. The fourth-order valence-corrected chi connectivity index (χ4v) is 2.74. The van der Waals surface area contributed by atoms with Gasteiger partial charge in [-0.3, -0.25) is 10.1 Å². The van der Waals surface area contributed by atoms with Gasteiger partial charge >= 0.3 is 0 Å². The van der Waals surface area contributed by atoms with Crippen LogP contribution in [0, 0.1) is 10.1 Å². The molecule has 0 spiro atoms. The lowest BCUT2D eigenvalue weighted by Crippen LogP contribution is -2.27. The Bertz CT molecular complexity index is 566. The molecule has 0 heterocycles. The van der Waals surface area contributed by atoms with E-state index in [1.807, 2.05) is 31.2 Å². The third-order valence-corrected chi connectivity index (χ3v) is 4.04. The normalized spacial score (nSPS) is 12.4. The fourth-order valence-electron chi connectivity index (χ4n) is 2.48. The standard InChI is InChI=1S/C16H15Cl2NO2/c1-2-15(19(20)21)16(11-3-7-13(17)8-4-11)12-5-9-14(18)10-6-12/h3-10,15-16H,2H2,1H3. The topological polar surface area (TPSA) is 43.1 Å². The van der Waals surface area contributed by atoms with Gasteiger partial charge in [0.25, 0.3) is 0 Å². The molecule has 0 aliphatic rings. The summed E-state index contributed by atoms with van der Waals surface area (Å²) in [6, 6.07) is 13.7. The summed E-state index contributed by atoms with van der Waals surface area (Å²) in [4.78, 5) is 11.2. The Morgan fingerprint density at radius 2 is 1.33 bits per heavy atom. The van der Waals surface area contributed by atoms with Crippen LogP contribution in [-0.4, -0.2) is 11.0 Å². The van der Waals surface area contributed by atoms with Gasteiger partial charge in [-0.25, -0.2) is 0 Å². The third-order valence-electron chi connectivity index (χ3n) is 3.53. The molecule has 2 aromatic rings. The van der Waals surface area contributed by atoms with Crippen LogP contribution in [0.5, 0.6) is 0 Å². The summed E-state index contributed by atoms with van der Waals surface area (Å²) in [6.07, 6.45) is 0.447. The van der Waals surface area contributed by atoms with Crippen LogP contribution in [0.2, 0.25) is 10.0 Å². The first-order chi connectivity index (χ1) is 10.0. The molecule has 0 N–H and O–H groups in total. The van der Waals surface area contributed by atoms with Gasteiger partial charge in [0.05, 0.1) is 5.92 Å². The van der Waals surface area contributed by atoms with Crippen LogP contribution in [0.1, 0.15) is 30.4 Å². The van der Waals surface area contributed by atoms with E-state index >= 15 is 0 Å². The van der Waals surface area contributed by atoms with Crippen LogP contribution in [0.15, 0.2) is 48.5 Å². The van der Waals surface area contributed by atoms with Crippen molar-refractivity contribution in [1.29, 1.82) is 0 Å². The summed E-state index contributed by atoms with van der Waals surface area (Å²) in [5.74, 6) is -0.320. The molecular weight excluding hydrogens is 309 g/mol. The van der Waals surface area contributed by atoms with Gasteiger partial charge in [0, 0.05) is 21.4 Å². The molecule has 2 rings (SSSR count). The summed E-state index contributed by atoms with van der Waals surface area (Å²) < 4.78 is 0. The zero-order valence-corrected chi connectivity index (χ0v) is 13.0. The smallest absolute Gasteiger partial charge is 0.223 e. The van der Waals surface area contributed by atoms with E-state index in [1.54, 1.807) is 24.3 Å². The zero-order valence-electron chi connectivity index (χ0n) is 11.5. The highest BCUT2D eigenvalue weighted by Crippen LogP contribution is 2.32. The number of rotatable bonds is 5. The van der Waals surface area contributed by atoms with E-state index in [1.165, 1.54) is 0 Å². The molecule has 0 aliphatic heterocycles. The van der Waals surface area contributed by atoms with Crippen LogP contribution in [0.3, 0.4) is 0 Å². The van der Waals surface area contributed by atoms with E-state index in [0.717, 1.165) is 11.1 Å². The molecular formula is C16H15Cl2NO2. The van der Waals surface area contributed by atoms with Crippen LogP contribution < -0.4 is 0 Å². The Balaban J connectivity index is 2.50. The first kappa shape index (κ1) is 15.8. The second-order valence-electron chi connectivity index (χ2n) is 4.84. The monoisotopic (exact) mass is 323 g/mol. The van der Waals surface area contributed by atoms with Crippen molar-refractivity contribution >= 4 is 23.2 Å². The van der Waals surface area contributed by atoms with Crippen molar-refractivity contribution in [2.24, 2.45) is 0 Å². The number of hydrogen-bond donors (Lipinski definition) is 0. The van der Waals surface area contributed by atoms with E-state index in [0.29, 0.717) is 16.5 Å². The highest BCUT2D eigenvalue weighted by atomic mass is 35.5. The Morgan fingerprint density at radius 1 is 0.952 bits per heavy atom. The maximum absolute atomic E-state index is 11.4. The minimum atomic E-state index is -0.688. The average molecular weight is 324 g/mol. The van der Waals surface area contributed by atoms with Gasteiger partial charge in [-0.2, -0.15) is 0 Å². The maximum atomic E-state index is 11.4. The van der Waals surface area contributed by atoms with Gasteiger partial charge in [-0.15, -0.1) is 0 Å². The Labute approximate surface area is 133 Å². The van der Waals surface area contributed by atoms with E-state index in [-0.39, 0.29) is 10.8 Å². The van der Waals surface area contributed by atoms with Crippen LogP contribution in [0.4, 0.5) is 0 Å². The maximum Gasteiger partial charge on any atom is 0.223 e. The molecule has 1 atom stereocenters. The van der Waals surface area contributed by atoms with E-state index in [4.69, 9.17) is 23.2 Å². The van der Waals surface area contributed by atoms with Crippen molar-refractivity contribution in [3.8, 4) is 0 Å². The predicted molar refractivity (Wildman–Crippen MR) is 85.8 cm³/mol. The van der Waals surface area contributed by atoms with Crippen molar-refractivity contribution in [1.82, 2.24) is 0 Å². The molecule has 0 aromatic heterocycles. The van der Waals surface area contributed by atoms with Gasteiger partial charge in [-0.05, 0) is 35.4 Å². The van der Waals surface area contributed by atoms with Crippen molar-refractivity contribution in [2.45, 2.75) is 25.3 Å². The molecule has 0 saturated heterocycles. The molecule has 0 aliphatic carbocycles. The molecule has 3 nitrogen and oxygen atoms in total. The molecule has 0 amide bonds. The molecule has 110 valence electrons. The lowest BCUT2D eigenvalue weighted by atomic mass is 9.84. The first-order valence-electron chi connectivity index (χ1n) is 6.67. The average Bonchev–Trinajstić information content (AvgIpc) is 2.46. The highest BCUT2D eigenvalue weighted by Gasteiger charge is 2.32.